The van der Waals surface area contributed by atoms with Gasteiger partial charge in [-0.25, -0.2) is 8.42 Å². The summed E-state index contributed by atoms with van der Waals surface area (Å²) in [5, 5.41) is 0. The first-order chi connectivity index (χ1) is 15.2. The summed E-state index contributed by atoms with van der Waals surface area (Å²) < 4.78 is 33.0. The molecule has 0 unspecified atom stereocenters. The van der Waals surface area contributed by atoms with Gasteiger partial charge in [-0.1, -0.05) is 23.8 Å². The second kappa shape index (κ2) is 9.52. The van der Waals surface area contributed by atoms with Crippen LogP contribution < -0.4 is 20.3 Å². The third-order valence-electron chi connectivity index (χ3n) is 4.71. The van der Waals surface area contributed by atoms with E-state index in [0.29, 0.717) is 22.6 Å². The van der Waals surface area contributed by atoms with Crippen molar-refractivity contribution in [2.24, 2.45) is 0 Å². The van der Waals surface area contributed by atoms with Crippen LogP contribution in [0.3, 0.4) is 0 Å². The first kappa shape index (κ1) is 22.8. The molecule has 3 aromatic carbocycles. The molecule has 0 atom stereocenters. The third kappa shape index (κ3) is 5.44. The molecule has 166 valence electrons. The van der Waals surface area contributed by atoms with Gasteiger partial charge in [0, 0.05) is 16.8 Å². The Kier molecular flexibility index (Phi) is 6.79. The van der Waals surface area contributed by atoms with Crippen molar-refractivity contribution in [3.8, 4) is 5.75 Å². The molecule has 32 heavy (non-hydrogen) atoms. The summed E-state index contributed by atoms with van der Waals surface area (Å²) in [6.07, 6.45) is 0. The minimum absolute atomic E-state index is 0.0738. The number of carbonyl (C=O) groups is 2. The number of carbonyl (C=O) groups excluding carboxylic acids is 2. The number of hydrogen-bond acceptors (Lipinski definition) is 5. The van der Waals surface area contributed by atoms with Crippen LogP contribution in [0.2, 0.25) is 0 Å². The van der Waals surface area contributed by atoms with E-state index >= 15 is 0 Å². The highest BCUT2D eigenvalue weighted by atomic mass is 32.2. The van der Waals surface area contributed by atoms with Gasteiger partial charge in [0.1, 0.15) is 5.75 Å². The molecule has 0 radical (unpaired) electrons. The molecule has 2 amide bonds. The number of rotatable bonds is 6. The van der Waals surface area contributed by atoms with E-state index in [4.69, 9.17) is 4.74 Å². The van der Waals surface area contributed by atoms with Gasteiger partial charge in [-0.05, 0) is 67.9 Å². The van der Waals surface area contributed by atoms with E-state index in [0.717, 1.165) is 5.56 Å². The van der Waals surface area contributed by atoms with E-state index in [1.807, 2.05) is 6.92 Å². The molecule has 0 fully saturated rings. The summed E-state index contributed by atoms with van der Waals surface area (Å²) in [7, 11) is -2.39. The summed E-state index contributed by atoms with van der Waals surface area (Å²) >= 11 is 0. The number of ether oxygens (including phenoxy) is 1. The van der Waals surface area contributed by atoms with Crippen molar-refractivity contribution >= 4 is 27.5 Å². The Morgan fingerprint density at radius 3 is 2.06 bits per heavy atom. The maximum Gasteiger partial charge on any atom is 0.270 e. The average molecular weight is 454 g/mol. The number of sulfonamides is 1. The largest absolute Gasteiger partial charge is 0.497 e. The van der Waals surface area contributed by atoms with Gasteiger partial charge in [0.25, 0.3) is 21.8 Å². The van der Waals surface area contributed by atoms with Crippen molar-refractivity contribution in [1.82, 2.24) is 10.9 Å². The van der Waals surface area contributed by atoms with E-state index in [1.165, 1.54) is 25.3 Å². The summed E-state index contributed by atoms with van der Waals surface area (Å²) in [4.78, 5) is 24.8. The fourth-order valence-electron chi connectivity index (χ4n) is 2.84. The maximum absolute atomic E-state index is 12.8. The SMILES string of the molecule is COc1ccc(C(=O)NNC(=O)c2cc(S(=O)(=O)Nc3ccc(C)cc3)ccc2C)cc1. The molecule has 3 N–H and O–H groups in total. The zero-order valence-electron chi connectivity index (χ0n) is 17.8. The highest BCUT2D eigenvalue weighted by molar-refractivity contribution is 7.92. The molecule has 9 heteroatoms. The number of anilines is 1. The second-order valence-corrected chi connectivity index (χ2v) is 8.77. The molecular weight excluding hydrogens is 430 g/mol. The monoisotopic (exact) mass is 453 g/mol. The van der Waals surface area contributed by atoms with Gasteiger partial charge >= 0.3 is 0 Å². The smallest absolute Gasteiger partial charge is 0.270 e. The van der Waals surface area contributed by atoms with Crippen molar-refractivity contribution in [2.75, 3.05) is 11.8 Å². The van der Waals surface area contributed by atoms with E-state index in [2.05, 4.69) is 15.6 Å². The van der Waals surface area contributed by atoms with Crippen LogP contribution in [0, 0.1) is 13.8 Å². The quantitative estimate of drug-likeness (QED) is 0.496. The van der Waals surface area contributed by atoms with Gasteiger partial charge in [0.2, 0.25) is 0 Å². The van der Waals surface area contributed by atoms with Crippen LogP contribution in [0.25, 0.3) is 0 Å². The standard InChI is InChI=1S/C23H23N3O5S/c1-15-4-9-18(10-5-15)26-32(29,30)20-13-6-16(2)21(14-20)23(28)25-24-22(27)17-7-11-19(31-3)12-8-17/h4-14,26H,1-3H3,(H,24,27)(H,25,28). The fourth-order valence-corrected chi connectivity index (χ4v) is 3.93. The molecule has 0 aliphatic carbocycles. The van der Waals surface area contributed by atoms with Gasteiger partial charge in [-0.3, -0.25) is 25.2 Å². The molecular formula is C23H23N3O5S. The molecule has 0 aromatic heterocycles. The van der Waals surface area contributed by atoms with Crippen LogP contribution >= 0.6 is 0 Å². The summed E-state index contributed by atoms with van der Waals surface area (Å²) in [5.41, 5.74) is 7.04. The van der Waals surface area contributed by atoms with Crippen LogP contribution in [-0.2, 0) is 10.0 Å². The molecule has 0 heterocycles. The van der Waals surface area contributed by atoms with E-state index in [9.17, 15) is 18.0 Å². The summed E-state index contributed by atoms with van der Waals surface area (Å²) in [5.74, 6) is -0.571. The second-order valence-electron chi connectivity index (χ2n) is 7.09. The van der Waals surface area contributed by atoms with Crippen LogP contribution in [0.1, 0.15) is 31.8 Å². The van der Waals surface area contributed by atoms with Gasteiger partial charge in [-0.2, -0.15) is 0 Å². The predicted octanol–water partition coefficient (Wildman–Crippen LogP) is 3.19. The number of methoxy groups -OCH3 is 1. The van der Waals surface area contributed by atoms with Gasteiger partial charge < -0.3 is 4.74 Å². The number of benzene rings is 3. The Hall–Kier alpha value is -3.85. The lowest BCUT2D eigenvalue weighted by molar-refractivity contribution is 0.0846. The summed E-state index contributed by atoms with van der Waals surface area (Å²) in [6, 6.07) is 17.4. The highest BCUT2D eigenvalue weighted by Gasteiger charge is 2.19. The molecule has 0 aliphatic heterocycles. The van der Waals surface area contributed by atoms with E-state index < -0.39 is 21.8 Å². The number of hydrogen-bond donors (Lipinski definition) is 3. The first-order valence-electron chi connectivity index (χ1n) is 9.64. The van der Waals surface area contributed by atoms with E-state index in [-0.39, 0.29) is 10.5 Å². The van der Waals surface area contributed by atoms with Crippen molar-refractivity contribution < 1.29 is 22.7 Å². The fraction of sp³-hybridized carbons (Fsp3) is 0.130. The van der Waals surface area contributed by atoms with Crippen molar-refractivity contribution in [2.45, 2.75) is 18.7 Å². The van der Waals surface area contributed by atoms with Crippen molar-refractivity contribution in [1.29, 1.82) is 0 Å². The van der Waals surface area contributed by atoms with Gasteiger partial charge in [0.05, 0.1) is 12.0 Å². The van der Waals surface area contributed by atoms with Crippen molar-refractivity contribution in [3.05, 3.63) is 89.0 Å². The Bertz CT molecular complexity index is 1240. The lowest BCUT2D eigenvalue weighted by Gasteiger charge is -2.12. The number of hydrazine groups is 1. The first-order valence-corrected chi connectivity index (χ1v) is 11.1. The average Bonchev–Trinajstić information content (AvgIpc) is 2.78. The molecule has 3 rings (SSSR count). The number of aryl methyl sites for hydroxylation is 2. The normalized spacial score (nSPS) is 10.8. The lowest BCUT2D eigenvalue weighted by Crippen LogP contribution is -2.41. The maximum atomic E-state index is 12.8. The molecule has 0 saturated heterocycles. The molecule has 3 aromatic rings. The van der Waals surface area contributed by atoms with E-state index in [1.54, 1.807) is 55.5 Å². The summed E-state index contributed by atoms with van der Waals surface area (Å²) in [6.45, 7) is 3.57. The molecule has 8 nitrogen and oxygen atoms in total. The minimum atomic E-state index is -3.91. The highest BCUT2D eigenvalue weighted by Crippen LogP contribution is 2.20. The Labute approximate surface area is 186 Å². The third-order valence-corrected chi connectivity index (χ3v) is 6.09. The molecule has 0 spiro atoms. The zero-order chi connectivity index (χ0) is 23.3. The molecule has 0 saturated carbocycles. The topological polar surface area (TPSA) is 114 Å². The Morgan fingerprint density at radius 2 is 1.44 bits per heavy atom. The minimum Gasteiger partial charge on any atom is -0.497 e. The predicted molar refractivity (Wildman–Crippen MR) is 121 cm³/mol. The number of nitrogens with one attached hydrogen (secondary N) is 3. The Balaban J connectivity index is 1.73. The lowest BCUT2D eigenvalue weighted by atomic mass is 10.1. The van der Waals surface area contributed by atoms with Crippen LogP contribution in [0.4, 0.5) is 5.69 Å². The molecule has 0 bridgehead atoms. The van der Waals surface area contributed by atoms with Crippen LogP contribution in [0.15, 0.2) is 71.6 Å². The Morgan fingerprint density at radius 1 is 0.812 bits per heavy atom. The van der Waals surface area contributed by atoms with Gasteiger partial charge in [-0.15, -0.1) is 0 Å². The number of amides is 2. The molecule has 0 aliphatic rings. The van der Waals surface area contributed by atoms with Crippen molar-refractivity contribution in [3.63, 3.8) is 0 Å². The van der Waals surface area contributed by atoms with Crippen LogP contribution in [-0.4, -0.2) is 27.3 Å². The zero-order valence-corrected chi connectivity index (χ0v) is 18.6. The van der Waals surface area contributed by atoms with Gasteiger partial charge in [0.15, 0.2) is 0 Å². The van der Waals surface area contributed by atoms with Crippen LogP contribution in [0.5, 0.6) is 5.75 Å².